The standard InChI is InChI=1S/2C22H16FN2.C8H6N3.Ir/c2*1-24-16-25(20-14-8-13-19(23)15-20)22(18-11-6-3-7-12-18)21(24)17-9-4-2-5-10-17;1-2-5-9-7(3-1)8-4-6-10-11-8;/h2*2-13,15H,1H3;1-6H;/q3*-1;. The van der Waals surface area contributed by atoms with E-state index in [1.165, 1.54) is 24.3 Å². The van der Waals surface area contributed by atoms with Crippen LogP contribution in [0.3, 0.4) is 0 Å². The van der Waals surface area contributed by atoms with Crippen molar-refractivity contribution < 1.29 is 38.0 Å². The zero-order chi connectivity index (χ0) is 42.0. The fraction of sp³-hybridized carbons (Fsp3) is 0.0385. The van der Waals surface area contributed by atoms with Gasteiger partial charge in [0.1, 0.15) is 0 Å². The second-order valence-corrected chi connectivity index (χ2v) is 13.8. The van der Waals surface area contributed by atoms with Gasteiger partial charge < -0.3 is 28.5 Å². The molecule has 0 unspecified atom stereocenters. The van der Waals surface area contributed by atoms with Crippen LogP contribution in [0.2, 0.25) is 0 Å². The summed E-state index contributed by atoms with van der Waals surface area (Å²) < 4.78 is 35.1. The first-order valence-corrected chi connectivity index (χ1v) is 19.5. The van der Waals surface area contributed by atoms with Crippen LogP contribution in [0.1, 0.15) is 0 Å². The average Bonchev–Trinajstić information content (AvgIpc) is 4.07. The largest absolute Gasteiger partial charge is 0.574 e. The van der Waals surface area contributed by atoms with Crippen LogP contribution >= 0.6 is 0 Å². The quantitative estimate of drug-likeness (QED) is 0.118. The second kappa shape index (κ2) is 20.2. The number of pyridine rings is 1. The predicted octanol–water partition coefficient (Wildman–Crippen LogP) is 9.85. The van der Waals surface area contributed by atoms with Gasteiger partial charge in [0.05, 0.1) is 36.9 Å². The molecule has 0 aliphatic rings. The molecule has 0 amide bonds. The van der Waals surface area contributed by atoms with E-state index in [0.717, 1.165) is 56.4 Å². The SMILES string of the molecule is C[n+]1[c-]n(-c2[c-]ccc(F)c2)c(-c2ccccc2)c1-c1ccccc1.C[n+]1[c-]n(-c2[c-]ccc(F)c2)c(-c2ccccc2)c1-c1ccccc1.[Ir].c1ccc(-c2ccn[n-]2)nc1. The Morgan fingerprint density at radius 1 is 0.500 bits per heavy atom. The first-order valence-electron chi connectivity index (χ1n) is 19.5. The molecule has 0 saturated heterocycles. The number of aromatic nitrogens is 7. The molecular weight excluding hydrogens is 953 g/mol. The Morgan fingerprint density at radius 3 is 1.29 bits per heavy atom. The first-order chi connectivity index (χ1) is 29.9. The number of hydrogen-bond donors (Lipinski definition) is 0. The van der Waals surface area contributed by atoms with Gasteiger partial charge in [-0.05, 0) is 34.4 Å². The Hall–Kier alpha value is -7.39. The van der Waals surface area contributed by atoms with E-state index in [1.54, 1.807) is 24.5 Å². The van der Waals surface area contributed by atoms with Gasteiger partial charge in [-0.3, -0.25) is 4.98 Å². The summed E-state index contributed by atoms with van der Waals surface area (Å²) in [6.45, 7) is 0. The Balaban J connectivity index is 0.000000149. The Kier molecular flexibility index (Phi) is 14.0. The maximum Gasteiger partial charge on any atom is 0.242 e. The van der Waals surface area contributed by atoms with Gasteiger partial charge in [-0.2, -0.15) is 24.3 Å². The molecule has 6 aromatic carbocycles. The summed E-state index contributed by atoms with van der Waals surface area (Å²) in [6.07, 6.45) is 9.98. The molecule has 0 spiro atoms. The van der Waals surface area contributed by atoms with Crippen molar-refractivity contribution >= 4 is 0 Å². The fourth-order valence-electron chi connectivity index (χ4n) is 6.95. The number of aryl methyl sites for hydroxylation is 2. The van der Waals surface area contributed by atoms with Crippen LogP contribution < -0.4 is 14.2 Å². The number of nitrogens with zero attached hydrogens (tertiary/aromatic N) is 7. The summed E-state index contributed by atoms with van der Waals surface area (Å²) in [5, 5.41) is 7.58. The molecule has 10 rings (SSSR count). The Bertz CT molecular complexity index is 2770. The maximum absolute atomic E-state index is 13.8. The van der Waals surface area contributed by atoms with E-state index in [2.05, 4.69) is 64.2 Å². The molecule has 307 valence electrons. The molecule has 7 nitrogen and oxygen atoms in total. The molecule has 0 fully saturated rings. The molecule has 62 heavy (non-hydrogen) atoms. The van der Waals surface area contributed by atoms with E-state index in [-0.39, 0.29) is 31.7 Å². The number of hydrogen-bond acceptors (Lipinski definition) is 2. The first kappa shape index (κ1) is 42.7. The van der Waals surface area contributed by atoms with Gasteiger partial charge in [0.15, 0.2) is 0 Å². The molecule has 0 aliphatic heterocycles. The van der Waals surface area contributed by atoms with Gasteiger partial charge in [0, 0.05) is 49.8 Å². The summed E-state index contributed by atoms with van der Waals surface area (Å²) >= 11 is 0. The third kappa shape index (κ3) is 9.79. The van der Waals surface area contributed by atoms with E-state index in [9.17, 15) is 8.78 Å². The van der Waals surface area contributed by atoms with E-state index >= 15 is 0 Å². The van der Waals surface area contributed by atoms with E-state index in [1.807, 2.05) is 154 Å². The monoisotopic (exact) mass is 991 g/mol. The summed E-state index contributed by atoms with van der Waals surface area (Å²) in [7, 11) is 3.90. The van der Waals surface area contributed by atoms with Crippen LogP contribution in [0, 0.1) is 36.4 Å². The van der Waals surface area contributed by atoms with Crippen molar-refractivity contribution in [2.75, 3.05) is 0 Å². The fourth-order valence-corrected chi connectivity index (χ4v) is 6.95. The van der Waals surface area contributed by atoms with Gasteiger partial charge in [0.25, 0.3) is 0 Å². The molecule has 0 N–H and O–H groups in total. The maximum atomic E-state index is 13.8. The zero-order valence-electron chi connectivity index (χ0n) is 33.7. The third-order valence-electron chi connectivity index (χ3n) is 9.63. The van der Waals surface area contributed by atoms with Crippen molar-refractivity contribution in [2.45, 2.75) is 0 Å². The minimum Gasteiger partial charge on any atom is -0.574 e. The van der Waals surface area contributed by atoms with Gasteiger partial charge in [-0.15, -0.1) is 24.3 Å². The Morgan fingerprint density at radius 2 is 0.919 bits per heavy atom. The van der Waals surface area contributed by atoms with E-state index in [4.69, 9.17) is 0 Å². The van der Waals surface area contributed by atoms with Crippen LogP contribution in [-0.2, 0) is 34.2 Å². The van der Waals surface area contributed by atoms with E-state index < -0.39 is 0 Å². The van der Waals surface area contributed by atoms with Crippen molar-refractivity contribution in [2.24, 2.45) is 14.1 Å². The number of halogens is 2. The van der Waals surface area contributed by atoms with Crippen molar-refractivity contribution in [1.29, 1.82) is 0 Å². The number of benzene rings is 6. The van der Waals surface area contributed by atoms with Crippen LogP contribution in [-0.4, -0.2) is 19.2 Å². The zero-order valence-corrected chi connectivity index (χ0v) is 36.1. The van der Waals surface area contributed by atoms with Crippen molar-refractivity contribution in [3.05, 3.63) is 231 Å². The molecule has 0 aliphatic carbocycles. The van der Waals surface area contributed by atoms with Crippen LogP contribution in [0.4, 0.5) is 8.78 Å². The van der Waals surface area contributed by atoms with Crippen LogP contribution in [0.5, 0.6) is 0 Å². The number of rotatable bonds is 7. The molecule has 10 heteroatoms. The molecule has 4 aromatic heterocycles. The molecular formula is C52H38F2IrN7-3. The molecule has 4 heterocycles. The van der Waals surface area contributed by atoms with Gasteiger partial charge >= 0.3 is 0 Å². The summed E-state index contributed by atoms with van der Waals surface area (Å²) in [4.78, 5) is 4.12. The average molecular weight is 991 g/mol. The van der Waals surface area contributed by atoms with Crippen LogP contribution in [0.25, 0.3) is 67.8 Å². The van der Waals surface area contributed by atoms with Crippen molar-refractivity contribution in [1.82, 2.24) is 24.3 Å². The van der Waals surface area contributed by atoms with Crippen LogP contribution in [0.15, 0.2) is 194 Å². The smallest absolute Gasteiger partial charge is 0.242 e. The second-order valence-electron chi connectivity index (χ2n) is 13.8. The van der Waals surface area contributed by atoms with Crippen molar-refractivity contribution in [3.63, 3.8) is 0 Å². The summed E-state index contributed by atoms with van der Waals surface area (Å²) in [6, 6.07) is 63.1. The summed E-state index contributed by atoms with van der Waals surface area (Å²) in [5.74, 6) is -0.586. The third-order valence-corrected chi connectivity index (χ3v) is 9.63. The molecule has 0 bridgehead atoms. The molecule has 1 radical (unpaired) electrons. The topological polar surface area (TPSA) is 57.5 Å². The van der Waals surface area contributed by atoms with E-state index in [0.29, 0.717) is 11.4 Å². The molecule has 10 aromatic rings. The van der Waals surface area contributed by atoms with Gasteiger partial charge in [-0.25, -0.2) is 8.78 Å². The Labute approximate surface area is 373 Å². The minimum atomic E-state index is -0.293. The summed E-state index contributed by atoms with van der Waals surface area (Å²) in [5.41, 5.74) is 11.1. The number of imidazole rings is 2. The molecule has 0 saturated carbocycles. The van der Waals surface area contributed by atoms with Crippen molar-refractivity contribution in [3.8, 4) is 67.8 Å². The van der Waals surface area contributed by atoms with Gasteiger partial charge in [0.2, 0.25) is 12.7 Å². The molecule has 0 atom stereocenters. The minimum absolute atomic E-state index is 0. The normalized spacial score (nSPS) is 10.5. The van der Waals surface area contributed by atoms with Gasteiger partial charge in [-0.1, -0.05) is 151 Å². The predicted molar refractivity (Wildman–Crippen MR) is 232 cm³/mol.